The van der Waals surface area contributed by atoms with E-state index in [1.165, 1.54) is 11.8 Å². The van der Waals surface area contributed by atoms with E-state index in [9.17, 15) is 4.79 Å². The maximum absolute atomic E-state index is 11.1. The number of carbonyl (C=O) groups excluding carboxylic acids is 1. The quantitative estimate of drug-likeness (QED) is 0.624. The van der Waals surface area contributed by atoms with Crippen molar-refractivity contribution in [2.75, 3.05) is 12.4 Å². The Bertz CT molecular complexity index is 265. The van der Waals surface area contributed by atoms with Crippen molar-refractivity contribution in [2.24, 2.45) is 11.1 Å². The van der Waals surface area contributed by atoms with Crippen LogP contribution in [-0.4, -0.2) is 24.4 Å². The molecule has 0 saturated carbocycles. The zero-order valence-electron chi connectivity index (χ0n) is 10.2. The number of thioether (sulfide) groups is 1. The van der Waals surface area contributed by atoms with Crippen LogP contribution in [0, 0.1) is 16.6 Å². The van der Waals surface area contributed by atoms with Crippen molar-refractivity contribution in [3.8, 4) is 11.2 Å². The molecule has 0 saturated heterocycles. The zero-order chi connectivity index (χ0) is 11.9. The number of rotatable bonds is 4. The molecule has 0 heterocycles. The molecular weight excluding hydrogens is 246 g/mol. The fraction of sp³-hybridized carbons (Fsp3) is 0.727. The summed E-state index contributed by atoms with van der Waals surface area (Å²) < 4.78 is 4.78. The van der Waals surface area contributed by atoms with E-state index in [-0.39, 0.29) is 23.8 Å². The molecule has 0 aromatic heterocycles. The number of halogens is 1. The molecule has 0 rings (SSSR count). The van der Waals surface area contributed by atoms with Gasteiger partial charge in [0.1, 0.15) is 6.04 Å². The molecule has 0 fully saturated rings. The summed E-state index contributed by atoms with van der Waals surface area (Å²) in [7, 11) is 0. The summed E-state index contributed by atoms with van der Waals surface area (Å²) in [6.45, 7) is 8.23. The van der Waals surface area contributed by atoms with Gasteiger partial charge in [0.15, 0.2) is 0 Å². The molecule has 0 aromatic carbocycles. The lowest BCUT2D eigenvalue weighted by molar-refractivity contribution is -0.144. The third kappa shape index (κ3) is 10.2. The van der Waals surface area contributed by atoms with Crippen molar-refractivity contribution in [2.45, 2.75) is 33.7 Å². The minimum absolute atomic E-state index is 0. The highest BCUT2D eigenvalue weighted by Crippen LogP contribution is 2.11. The summed E-state index contributed by atoms with van der Waals surface area (Å²) in [5, 5.41) is 2.93. The standard InChI is InChI=1S/C11H19NO2S.ClH/c1-5-14-10(13)9(12)8-15-7-6-11(2,3)4;/h9H,5,8,12H2,1-4H3;1H/t9-;/m0./s1. The summed E-state index contributed by atoms with van der Waals surface area (Å²) in [6.07, 6.45) is 0. The molecule has 1 atom stereocenters. The van der Waals surface area contributed by atoms with Crippen molar-refractivity contribution < 1.29 is 9.53 Å². The Morgan fingerprint density at radius 2 is 2.06 bits per heavy atom. The van der Waals surface area contributed by atoms with Gasteiger partial charge in [0.25, 0.3) is 0 Å². The first-order valence-corrected chi connectivity index (χ1v) is 5.91. The normalized spacial score (nSPS) is 11.8. The molecular formula is C11H20ClNO2S. The van der Waals surface area contributed by atoms with Crippen LogP contribution >= 0.6 is 24.2 Å². The van der Waals surface area contributed by atoms with Gasteiger partial charge in [-0.2, -0.15) is 0 Å². The Labute approximate surface area is 108 Å². The Morgan fingerprint density at radius 1 is 1.50 bits per heavy atom. The topological polar surface area (TPSA) is 52.3 Å². The first-order valence-electron chi connectivity index (χ1n) is 4.93. The van der Waals surface area contributed by atoms with Crippen molar-refractivity contribution in [3.63, 3.8) is 0 Å². The Hall–Kier alpha value is -0.370. The van der Waals surface area contributed by atoms with Crippen LogP contribution in [0.15, 0.2) is 0 Å². The maximum atomic E-state index is 11.1. The van der Waals surface area contributed by atoms with Gasteiger partial charge < -0.3 is 10.5 Å². The second kappa shape index (κ2) is 8.74. The number of hydrogen-bond donors (Lipinski definition) is 1. The lowest BCUT2D eigenvalue weighted by atomic mass is 9.99. The third-order valence-corrected chi connectivity index (χ3v) is 2.12. The highest BCUT2D eigenvalue weighted by molar-refractivity contribution is 8.03. The number of nitrogens with two attached hydrogens (primary N) is 1. The van der Waals surface area contributed by atoms with Gasteiger partial charge in [0.2, 0.25) is 0 Å². The van der Waals surface area contributed by atoms with Crippen LogP contribution in [0.4, 0.5) is 0 Å². The van der Waals surface area contributed by atoms with Crippen molar-refractivity contribution >= 4 is 30.1 Å². The van der Waals surface area contributed by atoms with E-state index in [0.29, 0.717) is 12.4 Å². The first-order chi connectivity index (χ1) is 6.87. The minimum Gasteiger partial charge on any atom is -0.465 e. The molecule has 5 heteroatoms. The van der Waals surface area contributed by atoms with Gasteiger partial charge >= 0.3 is 5.97 Å². The second-order valence-electron chi connectivity index (χ2n) is 4.15. The van der Waals surface area contributed by atoms with Crippen LogP contribution in [-0.2, 0) is 9.53 Å². The molecule has 0 bridgehead atoms. The van der Waals surface area contributed by atoms with Gasteiger partial charge in [-0.25, -0.2) is 0 Å². The van der Waals surface area contributed by atoms with Crippen LogP contribution in [0.1, 0.15) is 27.7 Å². The van der Waals surface area contributed by atoms with Crippen molar-refractivity contribution in [1.29, 1.82) is 0 Å². The van der Waals surface area contributed by atoms with E-state index >= 15 is 0 Å². The molecule has 3 nitrogen and oxygen atoms in total. The SMILES string of the molecule is CCOC(=O)[C@@H](N)CSC#CC(C)(C)C.Cl. The largest absolute Gasteiger partial charge is 0.465 e. The van der Waals surface area contributed by atoms with Gasteiger partial charge in [0.05, 0.1) is 6.61 Å². The van der Waals surface area contributed by atoms with Crippen molar-refractivity contribution in [3.05, 3.63) is 0 Å². The summed E-state index contributed by atoms with van der Waals surface area (Å²) in [5.41, 5.74) is 5.58. The zero-order valence-corrected chi connectivity index (χ0v) is 11.8. The maximum Gasteiger partial charge on any atom is 0.323 e. The van der Waals surface area contributed by atoms with Gasteiger partial charge in [0, 0.05) is 11.2 Å². The van der Waals surface area contributed by atoms with Gasteiger partial charge in [-0.3, -0.25) is 4.79 Å². The van der Waals surface area contributed by atoms with Gasteiger partial charge in [-0.1, -0.05) is 17.7 Å². The fourth-order valence-electron chi connectivity index (χ4n) is 0.638. The highest BCUT2D eigenvalue weighted by atomic mass is 35.5. The average molecular weight is 266 g/mol. The lowest BCUT2D eigenvalue weighted by Gasteiger charge is -2.08. The number of hydrogen-bond acceptors (Lipinski definition) is 4. The molecule has 2 N–H and O–H groups in total. The molecule has 0 radical (unpaired) electrons. The predicted molar refractivity (Wildman–Crippen MR) is 71.5 cm³/mol. The monoisotopic (exact) mass is 265 g/mol. The Morgan fingerprint density at radius 3 is 2.50 bits per heavy atom. The number of esters is 1. The molecule has 0 unspecified atom stereocenters. The highest BCUT2D eigenvalue weighted by Gasteiger charge is 2.13. The minimum atomic E-state index is -0.579. The van der Waals surface area contributed by atoms with Crippen LogP contribution in [0.5, 0.6) is 0 Å². The van der Waals surface area contributed by atoms with Gasteiger partial charge in [-0.15, -0.1) is 12.4 Å². The van der Waals surface area contributed by atoms with E-state index in [1.54, 1.807) is 6.92 Å². The molecule has 16 heavy (non-hydrogen) atoms. The van der Waals surface area contributed by atoms with Crippen molar-refractivity contribution in [1.82, 2.24) is 0 Å². The fourth-order valence-corrected chi connectivity index (χ4v) is 1.42. The average Bonchev–Trinajstić information content (AvgIpc) is 2.11. The summed E-state index contributed by atoms with van der Waals surface area (Å²) >= 11 is 1.36. The second-order valence-corrected chi connectivity index (χ2v) is 4.97. The van der Waals surface area contributed by atoms with E-state index in [1.807, 2.05) is 20.8 Å². The summed E-state index contributed by atoms with van der Waals surface area (Å²) in [6, 6.07) is -0.579. The molecule has 0 aliphatic carbocycles. The van der Waals surface area contributed by atoms with E-state index in [2.05, 4.69) is 11.2 Å². The molecule has 94 valence electrons. The van der Waals surface area contributed by atoms with Crippen LogP contribution in [0.3, 0.4) is 0 Å². The predicted octanol–water partition coefficient (Wildman–Crippen LogP) is 2.04. The smallest absolute Gasteiger partial charge is 0.323 e. The summed E-state index contributed by atoms with van der Waals surface area (Å²) in [5.74, 6) is 3.17. The van der Waals surface area contributed by atoms with Gasteiger partial charge in [-0.05, 0) is 32.9 Å². The van der Waals surface area contributed by atoms with Crippen LogP contribution in [0.2, 0.25) is 0 Å². The third-order valence-electron chi connectivity index (χ3n) is 1.35. The van der Waals surface area contributed by atoms with Crippen LogP contribution in [0.25, 0.3) is 0 Å². The lowest BCUT2D eigenvalue weighted by Crippen LogP contribution is -2.34. The molecule has 0 aromatic rings. The van der Waals surface area contributed by atoms with E-state index < -0.39 is 6.04 Å². The molecule has 0 aliphatic rings. The molecule has 0 amide bonds. The van der Waals surface area contributed by atoms with E-state index in [0.717, 1.165) is 0 Å². The Balaban J connectivity index is 0. The molecule has 0 aliphatic heterocycles. The number of ether oxygens (including phenoxy) is 1. The Kier molecular flexibility index (Phi) is 9.84. The first kappa shape index (κ1) is 18.0. The summed E-state index contributed by atoms with van der Waals surface area (Å²) in [4.78, 5) is 11.1. The number of carbonyl (C=O) groups is 1. The van der Waals surface area contributed by atoms with E-state index in [4.69, 9.17) is 10.5 Å². The van der Waals surface area contributed by atoms with Crippen LogP contribution < -0.4 is 5.73 Å². The molecule has 0 spiro atoms.